The Morgan fingerprint density at radius 1 is 1.36 bits per heavy atom. The van der Waals surface area contributed by atoms with Crippen molar-refractivity contribution in [3.63, 3.8) is 0 Å². The summed E-state index contributed by atoms with van der Waals surface area (Å²) in [5.41, 5.74) is 0. The van der Waals surface area contributed by atoms with E-state index >= 15 is 0 Å². The first-order valence-corrected chi connectivity index (χ1v) is 6.35. The van der Waals surface area contributed by atoms with E-state index in [0.29, 0.717) is 0 Å². The maximum Gasteiger partial charge on any atom is 0.0221 e. The second kappa shape index (κ2) is 5.13. The number of nitrogens with zero attached hydrogens (tertiary/aromatic N) is 1. The first kappa shape index (κ1) is 10.4. The number of nitrogens with one attached hydrogen (secondary N) is 1. The zero-order chi connectivity index (χ0) is 9.80. The van der Waals surface area contributed by atoms with Crippen molar-refractivity contribution in [2.75, 3.05) is 26.2 Å². The molecule has 1 N–H and O–H groups in total. The molecule has 2 rings (SSSR count). The molecule has 2 aliphatic heterocycles. The van der Waals surface area contributed by atoms with Crippen LogP contribution in [0.2, 0.25) is 0 Å². The lowest BCUT2D eigenvalue weighted by atomic mass is 10.0. The van der Waals surface area contributed by atoms with Crippen LogP contribution in [0.15, 0.2) is 0 Å². The van der Waals surface area contributed by atoms with E-state index in [1.807, 2.05) is 0 Å². The molecule has 2 nitrogen and oxygen atoms in total. The van der Waals surface area contributed by atoms with Gasteiger partial charge >= 0.3 is 0 Å². The van der Waals surface area contributed by atoms with E-state index < -0.39 is 0 Å². The van der Waals surface area contributed by atoms with Gasteiger partial charge in [-0.05, 0) is 44.7 Å². The highest BCUT2D eigenvalue weighted by Crippen LogP contribution is 2.24. The fraction of sp³-hybridized carbons (Fsp3) is 1.00. The van der Waals surface area contributed by atoms with E-state index in [9.17, 15) is 0 Å². The average molecular weight is 196 g/mol. The topological polar surface area (TPSA) is 15.3 Å². The van der Waals surface area contributed by atoms with Crippen molar-refractivity contribution in [1.82, 2.24) is 10.2 Å². The quantitative estimate of drug-likeness (QED) is 0.741. The van der Waals surface area contributed by atoms with Crippen LogP contribution in [0, 0.1) is 5.92 Å². The Balaban J connectivity index is 1.76. The fourth-order valence-electron chi connectivity index (χ4n) is 2.98. The van der Waals surface area contributed by atoms with E-state index in [4.69, 9.17) is 0 Å². The first-order chi connectivity index (χ1) is 6.90. The molecular weight excluding hydrogens is 172 g/mol. The maximum absolute atomic E-state index is 3.52. The Hall–Kier alpha value is -0.0800. The van der Waals surface area contributed by atoms with Crippen LogP contribution in [0.3, 0.4) is 0 Å². The van der Waals surface area contributed by atoms with Gasteiger partial charge in [-0.25, -0.2) is 0 Å². The third kappa shape index (κ3) is 2.48. The van der Waals surface area contributed by atoms with Crippen molar-refractivity contribution in [3.8, 4) is 0 Å². The minimum absolute atomic E-state index is 0.852. The lowest BCUT2D eigenvalue weighted by molar-refractivity contribution is 0.195. The maximum atomic E-state index is 3.52. The molecule has 0 aromatic carbocycles. The molecule has 2 heterocycles. The van der Waals surface area contributed by atoms with Crippen molar-refractivity contribution in [1.29, 1.82) is 0 Å². The van der Waals surface area contributed by atoms with E-state index in [-0.39, 0.29) is 0 Å². The smallest absolute Gasteiger partial charge is 0.0221 e. The monoisotopic (exact) mass is 196 g/mol. The number of piperidine rings is 1. The van der Waals surface area contributed by atoms with Gasteiger partial charge in [-0.2, -0.15) is 0 Å². The minimum atomic E-state index is 0.852. The highest BCUT2D eigenvalue weighted by atomic mass is 15.2. The number of rotatable bonds is 3. The van der Waals surface area contributed by atoms with E-state index in [2.05, 4.69) is 17.1 Å². The molecule has 2 aliphatic rings. The molecule has 2 saturated heterocycles. The molecule has 0 aromatic heterocycles. The fourth-order valence-corrected chi connectivity index (χ4v) is 2.98. The Labute approximate surface area is 88.1 Å². The molecule has 0 aromatic rings. The van der Waals surface area contributed by atoms with Crippen molar-refractivity contribution >= 4 is 0 Å². The van der Waals surface area contributed by atoms with Crippen LogP contribution in [0.1, 0.15) is 39.0 Å². The molecule has 82 valence electrons. The second-order valence-corrected chi connectivity index (χ2v) is 4.94. The van der Waals surface area contributed by atoms with Crippen LogP contribution in [-0.4, -0.2) is 37.1 Å². The SMILES string of the molecule is CCCC1CCN(C2CCCNC2)C1. The Kier molecular flexibility index (Phi) is 3.82. The summed E-state index contributed by atoms with van der Waals surface area (Å²) in [7, 11) is 0. The van der Waals surface area contributed by atoms with Gasteiger partial charge in [0.15, 0.2) is 0 Å². The summed E-state index contributed by atoms with van der Waals surface area (Å²) >= 11 is 0. The van der Waals surface area contributed by atoms with Crippen LogP contribution in [-0.2, 0) is 0 Å². The lowest BCUT2D eigenvalue weighted by Gasteiger charge is -2.31. The van der Waals surface area contributed by atoms with Gasteiger partial charge in [-0.15, -0.1) is 0 Å². The third-order valence-electron chi connectivity index (χ3n) is 3.80. The van der Waals surface area contributed by atoms with Gasteiger partial charge in [0.25, 0.3) is 0 Å². The summed E-state index contributed by atoms with van der Waals surface area (Å²) in [6, 6.07) is 0.852. The molecule has 2 unspecified atom stereocenters. The molecular formula is C12H24N2. The molecule has 0 saturated carbocycles. The number of hydrogen-bond acceptors (Lipinski definition) is 2. The first-order valence-electron chi connectivity index (χ1n) is 6.35. The summed E-state index contributed by atoms with van der Waals surface area (Å²) in [5, 5.41) is 3.52. The summed E-state index contributed by atoms with van der Waals surface area (Å²) in [6.45, 7) is 7.52. The third-order valence-corrected chi connectivity index (χ3v) is 3.80. The molecule has 0 amide bonds. The van der Waals surface area contributed by atoms with Gasteiger partial charge < -0.3 is 5.32 Å². The zero-order valence-electron chi connectivity index (χ0n) is 9.47. The van der Waals surface area contributed by atoms with Crippen LogP contribution in [0.4, 0.5) is 0 Å². The number of likely N-dealkylation sites (tertiary alicyclic amines) is 1. The molecule has 2 heteroatoms. The molecule has 0 spiro atoms. The molecule has 0 aliphatic carbocycles. The van der Waals surface area contributed by atoms with Gasteiger partial charge in [0, 0.05) is 19.1 Å². The van der Waals surface area contributed by atoms with Gasteiger partial charge in [0.2, 0.25) is 0 Å². The molecule has 2 atom stereocenters. The highest BCUT2D eigenvalue weighted by molar-refractivity contribution is 4.84. The highest BCUT2D eigenvalue weighted by Gasteiger charge is 2.28. The van der Waals surface area contributed by atoms with Gasteiger partial charge in [0.05, 0.1) is 0 Å². The van der Waals surface area contributed by atoms with Crippen molar-refractivity contribution in [2.24, 2.45) is 5.92 Å². The van der Waals surface area contributed by atoms with Crippen molar-refractivity contribution in [3.05, 3.63) is 0 Å². The Morgan fingerprint density at radius 3 is 3.00 bits per heavy atom. The van der Waals surface area contributed by atoms with Gasteiger partial charge in [-0.1, -0.05) is 13.3 Å². The Bertz CT molecular complexity index is 164. The largest absolute Gasteiger partial charge is 0.315 e. The lowest BCUT2D eigenvalue weighted by Crippen LogP contribution is -2.44. The molecule has 0 radical (unpaired) electrons. The summed E-state index contributed by atoms with van der Waals surface area (Å²) in [5.74, 6) is 1.00. The minimum Gasteiger partial charge on any atom is -0.315 e. The van der Waals surface area contributed by atoms with Crippen LogP contribution in [0.25, 0.3) is 0 Å². The summed E-state index contributed by atoms with van der Waals surface area (Å²) < 4.78 is 0. The second-order valence-electron chi connectivity index (χ2n) is 4.94. The van der Waals surface area contributed by atoms with Crippen LogP contribution < -0.4 is 5.32 Å². The van der Waals surface area contributed by atoms with E-state index in [1.165, 1.54) is 58.3 Å². The van der Waals surface area contributed by atoms with Crippen molar-refractivity contribution in [2.45, 2.75) is 45.1 Å². The summed E-state index contributed by atoms with van der Waals surface area (Å²) in [6.07, 6.45) is 7.05. The predicted octanol–water partition coefficient (Wildman–Crippen LogP) is 1.86. The standard InChI is InChI=1S/C12H24N2/c1-2-4-11-6-8-14(10-11)12-5-3-7-13-9-12/h11-13H,2-10H2,1H3. The van der Waals surface area contributed by atoms with Crippen LogP contribution in [0.5, 0.6) is 0 Å². The predicted molar refractivity (Wildman–Crippen MR) is 60.5 cm³/mol. The van der Waals surface area contributed by atoms with Crippen LogP contribution >= 0.6 is 0 Å². The molecule has 2 fully saturated rings. The van der Waals surface area contributed by atoms with Gasteiger partial charge in [0.1, 0.15) is 0 Å². The normalized spacial score (nSPS) is 34.9. The number of hydrogen-bond donors (Lipinski definition) is 1. The molecule has 14 heavy (non-hydrogen) atoms. The van der Waals surface area contributed by atoms with E-state index in [0.717, 1.165) is 12.0 Å². The van der Waals surface area contributed by atoms with E-state index in [1.54, 1.807) is 0 Å². The zero-order valence-corrected chi connectivity index (χ0v) is 9.47. The molecule has 0 bridgehead atoms. The summed E-state index contributed by atoms with van der Waals surface area (Å²) in [4.78, 5) is 2.73. The van der Waals surface area contributed by atoms with Gasteiger partial charge in [-0.3, -0.25) is 4.90 Å². The van der Waals surface area contributed by atoms with Crippen molar-refractivity contribution < 1.29 is 0 Å². The average Bonchev–Trinajstić information content (AvgIpc) is 2.68. The Morgan fingerprint density at radius 2 is 2.29 bits per heavy atom.